The monoisotopic (exact) mass is 229 g/mol. The van der Waals surface area contributed by atoms with Crippen LogP contribution in [0.5, 0.6) is 0 Å². The van der Waals surface area contributed by atoms with E-state index in [4.69, 9.17) is 0 Å². The summed E-state index contributed by atoms with van der Waals surface area (Å²) in [5.74, 6) is 0.657. The molecule has 0 aliphatic heterocycles. The molecule has 0 aromatic heterocycles. The molecular formula is C13H24FNO. The average Bonchev–Trinajstić information content (AvgIpc) is 2.16. The molecule has 1 saturated carbocycles. The SMILES string of the molecule is CC(C)(C)C(CC1CCCCC1)NC(=O)F. The van der Waals surface area contributed by atoms with Crippen molar-refractivity contribution in [2.45, 2.75) is 65.3 Å². The van der Waals surface area contributed by atoms with E-state index in [-0.39, 0.29) is 11.5 Å². The van der Waals surface area contributed by atoms with Crippen molar-refractivity contribution in [3.05, 3.63) is 0 Å². The normalized spacial score (nSPS) is 20.5. The van der Waals surface area contributed by atoms with E-state index in [0.29, 0.717) is 5.92 Å². The smallest absolute Gasteiger partial charge is 0.325 e. The molecule has 2 nitrogen and oxygen atoms in total. The van der Waals surface area contributed by atoms with E-state index in [1.54, 1.807) is 0 Å². The van der Waals surface area contributed by atoms with Crippen molar-refractivity contribution in [2.24, 2.45) is 11.3 Å². The van der Waals surface area contributed by atoms with E-state index in [1.807, 2.05) is 0 Å². The molecule has 0 bridgehead atoms. The van der Waals surface area contributed by atoms with E-state index in [1.165, 1.54) is 32.1 Å². The first kappa shape index (κ1) is 13.5. The quantitative estimate of drug-likeness (QED) is 0.574. The second-order valence-corrected chi connectivity index (χ2v) is 6.08. The summed E-state index contributed by atoms with van der Waals surface area (Å²) in [6.07, 6.45) is 5.88. The first-order valence-electron chi connectivity index (χ1n) is 6.35. The van der Waals surface area contributed by atoms with Crippen LogP contribution in [0, 0.1) is 11.3 Å². The standard InChI is InChI=1S/C13H24FNO/c1-13(2,3)11(15-12(14)16)9-10-7-5-4-6-8-10/h10-11H,4-9H2,1-3H3,(H,15,16). The maximum Gasteiger partial charge on any atom is 0.397 e. The van der Waals surface area contributed by atoms with Crippen molar-refractivity contribution >= 4 is 6.16 Å². The fraction of sp³-hybridized carbons (Fsp3) is 0.923. The van der Waals surface area contributed by atoms with Crippen LogP contribution in [0.1, 0.15) is 59.3 Å². The number of hydrogen-bond donors (Lipinski definition) is 1. The summed E-state index contributed by atoms with van der Waals surface area (Å²) in [4.78, 5) is 10.6. The minimum Gasteiger partial charge on any atom is -0.325 e. The lowest BCUT2D eigenvalue weighted by Crippen LogP contribution is -2.43. The molecule has 1 fully saturated rings. The molecule has 1 aliphatic carbocycles. The van der Waals surface area contributed by atoms with Gasteiger partial charge in [0.25, 0.3) is 0 Å². The Kier molecular flexibility index (Phi) is 4.75. The first-order chi connectivity index (χ1) is 7.39. The van der Waals surface area contributed by atoms with Crippen LogP contribution < -0.4 is 5.32 Å². The maximum atomic E-state index is 12.5. The molecule has 1 N–H and O–H groups in total. The lowest BCUT2D eigenvalue weighted by molar-refractivity contribution is 0.179. The van der Waals surface area contributed by atoms with Crippen molar-refractivity contribution in [1.82, 2.24) is 5.32 Å². The molecule has 1 rings (SSSR count). The Balaban J connectivity index is 2.51. The Labute approximate surface area is 98.0 Å². The van der Waals surface area contributed by atoms with E-state index in [2.05, 4.69) is 26.1 Å². The topological polar surface area (TPSA) is 29.1 Å². The molecule has 16 heavy (non-hydrogen) atoms. The van der Waals surface area contributed by atoms with Gasteiger partial charge >= 0.3 is 6.16 Å². The van der Waals surface area contributed by atoms with Crippen LogP contribution in [0.25, 0.3) is 0 Å². The number of halogens is 1. The zero-order valence-electron chi connectivity index (χ0n) is 10.7. The highest BCUT2D eigenvalue weighted by Crippen LogP contribution is 2.32. The Morgan fingerprint density at radius 3 is 2.31 bits per heavy atom. The van der Waals surface area contributed by atoms with Crippen molar-refractivity contribution in [3.63, 3.8) is 0 Å². The largest absolute Gasteiger partial charge is 0.397 e. The average molecular weight is 229 g/mol. The first-order valence-corrected chi connectivity index (χ1v) is 6.35. The lowest BCUT2D eigenvalue weighted by Gasteiger charge is -2.34. The molecular weight excluding hydrogens is 205 g/mol. The number of hydrogen-bond acceptors (Lipinski definition) is 1. The van der Waals surface area contributed by atoms with Gasteiger partial charge in [0.2, 0.25) is 0 Å². The van der Waals surface area contributed by atoms with Crippen LogP contribution in [0.2, 0.25) is 0 Å². The highest BCUT2D eigenvalue weighted by molar-refractivity contribution is 5.66. The Hall–Kier alpha value is -0.600. The third kappa shape index (κ3) is 4.50. The van der Waals surface area contributed by atoms with Crippen LogP contribution in [-0.2, 0) is 0 Å². The summed E-state index contributed by atoms with van der Waals surface area (Å²) >= 11 is 0. The van der Waals surface area contributed by atoms with Crippen molar-refractivity contribution < 1.29 is 9.18 Å². The number of nitrogens with one attached hydrogen (secondary N) is 1. The van der Waals surface area contributed by atoms with Gasteiger partial charge in [-0.1, -0.05) is 52.9 Å². The summed E-state index contributed by atoms with van der Waals surface area (Å²) in [6, 6.07) is -0.0481. The van der Waals surface area contributed by atoms with E-state index in [9.17, 15) is 9.18 Å². The predicted molar refractivity (Wildman–Crippen MR) is 64.1 cm³/mol. The van der Waals surface area contributed by atoms with Crippen LogP contribution in [-0.4, -0.2) is 12.2 Å². The molecule has 94 valence electrons. The van der Waals surface area contributed by atoms with Gasteiger partial charge in [0.1, 0.15) is 0 Å². The van der Waals surface area contributed by atoms with Crippen LogP contribution >= 0.6 is 0 Å². The summed E-state index contributed by atoms with van der Waals surface area (Å²) in [7, 11) is 0. The van der Waals surface area contributed by atoms with Crippen molar-refractivity contribution in [1.29, 1.82) is 0 Å². The molecule has 1 amide bonds. The van der Waals surface area contributed by atoms with Crippen molar-refractivity contribution in [2.75, 3.05) is 0 Å². The molecule has 0 aromatic rings. The van der Waals surface area contributed by atoms with Crippen LogP contribution in [0.3, 0.4) is 0 Å². The molecule has 0 saturated heterocycles. The molecule has 0 aromatic carbocycles. The molecule has 1 unspecified atom stereocenters. The van der Waals surface area contributed by atoms with Gasteiger partial charge in [-0.3, -0.25) is 0 Å². The van der Waals surface area contributed by atoms with E-state index < -0.39 is 6.16 Å². The van der Waals surface area contributed by atoms with Gasteiger partial charge in [0.15, 0.2) is 0 Å². The second-order valence-electron chi connectivity index (χ2n) is 6.08. The number of carbonyl (C=O) groups is 1. The molecule has 0 heterocycles. The summed E-state index contributed by atoms with van der Waals surface area (Å²) in [5, 5.41) is 2.46. The van der Waals surface area contributed by atoms with Gasteiger partial charge < -0.3 is 5.32 Å². The van der Waals surface area contributed by atoms with Gasteiger partial charge in [-0.15, -0.1) is 4.39 Å². The third-order valence-corrected chi connectivity index (χ3v) is 3.63. The maximum absolute atomic E-state index is 12.5. The van der Waals surface area contributed by atoms with Gasteiger partial charge in [-0.25, -0.2) is 4.79 Å². The summed E-state index contributed by atoms with van der Waals surface area (Å²) < 4.78 is 12.5. The minimum atomic E-state index is -1.39. The number of rotatable bonds is 3. The highest BCUT2D eigenvalue weighted by Gasteiger charge is 2.29. The predicted octanol–water partition coefficient (Wildman–Crippen LogP) is 4.05. The fourth-order valence-corrected chi connectivity index (χ4v) is 2.52. The number of carbonyl (C=O) groups excluding carboxylic acids is 1. The Bertz CT molecular complexity index is 229. The van der Waals surface area contributed by atoms with E-state index in [0.717, 1.165) is 6.42 Å². The van der Waals surface area contributed by atoms with E-state index >= 15 is 0 Å². The van der Waals surface area contributed by atoms with Gasteiger partial charge in [0.05, 0.1) is 0 Å². The molecule has 0 spiro atoms. The minimum absolute atomic E-state index is 0.0481. The Morgan fingerprint density at radius 2 is 1.88 bits per heavy atom. The third-order valence-electron chi connectivity index (χ3n) is 3.63. The summed E-state index contributed by atoms with van der Waals surface area (Å²) in [5.41, 5.74) is -0.0702. The van der Waals surface area contributed by atoms with Crippen molar-refractivity contribution in [3.8, 4) is 0 Å². The molecule has 1 aliphatic rings. The zero-order valence-corrected chi connectivity index (χ0v) is 10.7. The van der Waals surface area contributed by atoms with Crippen LogP contribution in [0.15, 0.2) is 0 Å². The fourth-order valence-electron chi connectivity index (χ4n) is 2.52. The van der Waals surface area contributed by atoms with Gasteiger partial charge in [-0.05, 0) is 17.8 Å². The molecule has 0 radical (unpaired) electrons. The Morgan fingerprint density at radius 1 is 1.31 bits per heavy atom. The number of amides is 1. The highest BCUT2D eigenvalue weighted by atomic mass is 19.1. The van der Waals surface area contributed by atoms with Gasteiger partial charge in [0, 0.05) is 6.04 Å². The lowest BCUT2D eigenvalue weighted by atomic mass is 9.77. The molecule has 1 atom stereocenters. The zero-order chi connectivity index (χ0) is 12.2. The molecule has 3 heteroatoms. The second kappa shape index (κ2) is 5.65. The van der Waals surface area contributed by atoms with Gasteiger partial charge in [-0.2, -0.15) is 0 Å². The van der Waals surface area contributed by atoms with Crippen LogP contribution in [0.4, 0.5) is 9.18 Å². The summed E-state index contributed by atoms with van der Waals surface area (Å²) in [6.45, 7) is 6.16.